The Kier molecular flexibility index (Phi) is 3.32. The van der Waals surface area contributed by atoms with Crippen LogP contribution >= 0.6 is 0 Å². The second kappa shape index (κ2) is 5.11. The summed E-state index contributed by atoms with van der Waals surface area (Å²) in [5.74, 6) is 0.672. The van der Waals surface area contributed by atoms with Crippen molar-refractivity contribution in [1.82, 2.24) is 25.2 Å². The van der Waals surface area contributed by atoms with Gasteiger partial charge in [0.25, 0.3) is 0 Å². The summed E-state index contributed by atoms with van der Waals surface area (Å²) >= 11 is 0. The Balaban J connectivity index is 2.16. The third-order valence-electron chi connectivity index (χ3n) is 2.14. The highest BCUT2D eigenvalue weighted by Crippen LogP contribution is 2.11. The second-order valence-electron chi connectivity index (χ2n) is 3.29. The molecule has 1 N–H and O–H groups in total. The van der Waals surface area contributed by atoms with Gasteiger partial charge in [0.15, 0.2) is 0 Å². The van der Waals surface area contributed by atoms with Gasteiger partial charge in [0, 0.05) is 12.7 Å². The minimum Gasteiger partial charge on any atom is -0.313 e. The van der Waals surface area contributed by atoms with Gasteiger partial charge in [-0.2, -0.15) is 0 Å². The van der Waals surface area contributed by atoms with Gasteiger partial charge >= 0.3 is 0 Å². The highest BCUT2D eigenvalue weighted by molar-refractivity contribution is 5.52. The van der Waals surface area contributed by atoms with Crippen LogP contribution in [0.25, 0.3) is 11.5 Å². The van der Waals surface area contributed by atoms with E-state index in [2.05, 4.69) is 20.5 Å². The summed E-state index contributed by atoms with van der Waals surface area (Å²) in [4.78, 5) is 4.20. The van der Waals surface area contributed by atoms with Crippen LogP contribution in [0.5, 0.6) is 0 Å². The number of aryl methyl sites for hydroxylation is 1. The number of pyridine rings is 1. The van der Waals surface area contributed by atoms with Gasteiger partial charge < -0.3 is 5.41 Å². The predicted molar refractivity (Wildman–Crippen MR) is 59.1 cm³/mol. The summed E-state index contributed by atoms with van der Waals surface area (Å²) in [5.41, 5.74) is 0.766. The largest absolute Gasteiger partial charge is 0.313 e. The molecule has 0 saturated carbocycles. The third kappa shape index (κ3) is 2.28. The van der Waals surface area contributed by atoms with Crippen LogP contribution in [-0.2, 0) is 6.54 Å². The molecule has 0 fully saturated rings. The molecule has 0 aromatic carbocycles. The van der Waals surface area contributed by atoms with Crippen LogP contribution in [0.4, 0.5) is 0 Å². The Morgan fingerprint density at radius 1 is 1.38 bits per heavy atom. The maximum atomic E-state index is 6.95. The molecule has 82 valence electrons. The fourth-order valence-electron chi connectivity index (χ4n) is 1.38. The molecular weight excluding hydrogens is 204 g/mol. The van der Waals surface area contributed by atoms with Crippen molar-refractivity contribution in [1.29, 1.82) is 5.41 Å². The lowest BCUT2D eigenvalue weighted by atomic mass is 10.3. The van der Waals surface area contributed by atoms with E-state index in [0.29, 0.717) is 12.4 Å². The first kappa shape index (κ1) is 10.4. The molecule has 2 heterocycles. The molecule has 2 rings (SSSR count). The first-order valence-electron chi connectivity index (χ1n) is 5.08. The van der Waals surface area contributed by atoms with Crippen LogP contribution in [0.2, 0.25) is 0 Å². The van der Waals surface area contributed by atoms with Crippen LogP contribution in [0.15, 0.2) is 24.4 Å². The highest BCUT2D eigenvalue weighted by Gasteiger charge is 2.08. The average Bonchev–Trinajstić information content (AvgIpc) is 2.79. The van der Waals surface area contributed by atoms with Crippen LogP contribution in [0, 0.1) is 5.41 Å². The molecule has 16 heavy (non-hydrogen) atoms. The Morgan fingerprint density at radius 3 is 3.06 bits per heavy atom. The van der Waals surface area contributed by atoms with E-state index in [4.69, 9.17) is 5.41 Å². The SMILES string of the molecule is N=CCCCn1nnnc1-c1ccccn1. The molecule has 2 aromatic rings. The lowest BCUT2D eigenvalue weighted by Gasteiger charge is -2.01. The van der Waals surface area contributed by atoms with Crippen LogP contribution in [0.1, 0.15) is 12.8 Å². The fraction of sp³-hybridized carbons (Fsp3) is 0.300. The zero-order valence-electron chi connectivity index (χ0n) is 8.74. The molecule has 0 bridgehead atoms. The third-order valence-corrected chi connectivity index (χ3v) is 2.14. The number of nitrogens with one attached hydrogen (secondary N) is 1. The van der Waals surface area contributed by atoms with Crippen molar-refractivity contribution in [2.45, 2.75) is 19.4 Å². The number of hydrogen-bond donors (Lipinski definition) is 1. The number of aromatic nitrogens is 5. The maximum absolute atomic E-state index is 6.95. The zero-order valence-corrected chi connectivity index (χ0v) is 8.74. The Bertz CT molecular complexity index is 449. The molecule has 0 aliphatic rings. The average molecular weight is 216 g/mol. The molecule has 6 heteroatoms. The number of nitrogens with zero attached hydrogens (tertiary/aromatic N) is 5. The summed E-state index contributed by atoms with van der Waals surface area (Å²) < 4.78 is 1.71. The zero-order chi connectivity index (χ0) is 11.2. The fourth-order valence-corrected chi connectivity index (χ4v) is 1.38. The van der Waals surface area contributed by atoms with Crippen molar-refractivity contribution in [3.8, 4) is 11.5 Å². The van der Waals surface area contributed by atoms with E-state index in [9.17, 15) is 0 Å². The van der Waals surface area contributed by atoms with Gasteiger partial charge in [-0.25, -0.2) is 4.68 Å². The van der Waals surface area contributed by atoms with Gasteiger partial charge in [0.05, 0.1) is 0 Å². The maximum Gasteiger partial charge on any atom is 0.200 e. The molecule has 0 spiro atoms. The molecule has 0 saturated heterocycles. The molecule has 0 aliphatic heterocycles. The van der Waals surface area contributed by atoms with Gasteiger partial charge in [-0.15, -0.1) is 5.10 Å². The van der Waals surface area contributed by atoms with Gasteiger partial charge in [-0.05, 0) is 41.6 Å². The second-order valence-corrected chi connectivity index (χ2v) is 3.29. The lowest BCUT2D eigenvalue weighted by Crippen LogP contribution is -2.03. The van der Waals surface area contributed by atoms with Gasteiger partial charge in [0.1, 0.15) is 5.69 Å². The molecule has 0 atom stereocenters. The Morgan fingerprint density at radius 2 is 2.31 bits per heavy atom. The van der Waals surface area contributed by atoms with Crippen molar-refractivity contribution in [3.05, 3.63) is 24.4 Å². The normalized spacial score (nSPS) is 10.2. The predicted octanol–water partition coefficient (Wildman–Crippen LogP) is 1.16. The topological polar surface area (TPSA) is 80.3 Å². The van der Waals surface area contributed by atoms with Crippen molar-refractivity contribution in [2.75, 3.05) is 0 Å². The molecule has 0 unspecified atom stereocenters. The molecule has 6 nitrogen and oxygen atoms in total. The minimum absolute atomic E-state index is 0.672. The van der Waals surface area contributed by atoms with Crippen molar-refractivity contribution < 1.29 is 0 Å². The van der Waals surface area contributed by atoms with Crippen LogP contribution in [0.3, 0.4) is 0 Å². The van der Waals surface area contributed by atoms with E-state index in [0.717, 1.165) is 18.5 Å². The summed E-state index contributed by atoms with van der Waals surface area (Å²) in [6.07, 6.45) is 4.70. The van der Waals surface area contributed by atoms with E-state index in [1.165, 1.54) is 6.21 Å². The molecule has 0 aliphatic carbocycles. The minimum atomic E-state index is 0.672. The molecule has 2 aromatic heterocycles. The van der Waals surface area contributed by atoms with Crippen molar-refractivity contribution in [2.24, 2.45) is 0 Å². The lowest BCUT2D eigenvalue weighted by molar-refractivity contribution is 0.572. The summed E-state index contributed by atoms with van der Waals surface area (Å²) in [5, 5.41) is 18.4. The Labute approximate surface area is 92.8 Å². The first-order chi connectivity index (χ1) is 7.92. The number of hydrogen-bond acceptors (Lipinski definition) is 5. The van der Waals surface area contributed by atoms with Crippen LogP contribution in [-0.4, -0.2) is 31.4 Å². The standard InChI is InChI=1S/C10H12N6/c11-6-2-4-8-16-10(13-14-15-16)9-5-1-3-7-12-9/h1,3,5-7,11H,2,4,8H2. The summed E-state index contributed by atoms with van der Waals surface area (Å²) in [6, 6.07) is 5.63. The van der Waals surface area contributed by atoms with Crippen molar-refractivity contribution >= 4 is 6.21 Å². The smallest absolute Gasteiger partial charge is 0.200 e. The van der Waals surface area contributed by atoms with E-state index >= 15 is 0 Å². The van der Waals surface area contributed by atoms with Gasteiger partial charge in [-0.1, -0.05) is 6.07 Å². The number of rotatable bonds is 5. The van der Waals surface area contributed by atoms with E-state index < -0.39 is 0 Å². The molecule has 0 amide bonds. The van der Waals surface area contributed by atoms with Gasteiger partial charge in [0.2, 0.25) is 5.82 Å². The molecule has 0 radical (unpaired) electrons. The summed E-state index contributed by atoms with van der Waals surface area (Å²) in [7, 11) is 0. The molecular formula is C10H12N6. The monoisotopic (exact) mass is 216 g/mol. The Hall–Kier alpha value is -2.11. The van der Waals surface area contributed by atoms with E-state index in [1.807, 2.05) is 18.2 Å². The highest BCUT2D eigenvalue weighted by atomic mass is 15.5. The van der Waals surface area contributed by atoms with Crippen LogP contribution < -0.4 is 0 Å². The van der Waals surface area contributed by atoms with E-state index in [1.54, 1.807) is 10.9 Å². The quantitative estimate of drug-likeness (QED) is 0.600. The summed E-state index contributed by atoms with van der Waals surface area (Å²) in [6.45, 7) is 0.703. The number of tetrazole rings is 1. The first-order valence-corrected chi connectivity index (χ1v) is 5.08. The number of unbranched alkanes of at least 4 members (excludes halogenated alkanes) is 1. The van der Waals surface area contributed by atoms with Crippen molar-refractivity contribution in [3.63, 3.8) is 0 Å². The van der Waals surface area contributed by atoms with Gasteiger partial charge in [-0.3, -0.25) is 4.98 Å². The van der Waals surface area contributed by atoms with E-state index in [-0.39, 0.29) is 0 Å².